The van der Waals surface area contributed by atoms with Crippen molar-refractivity contribution >= 4 is 29.0 Å². The number of amides is 1. The van der Waals surface area contributed by atoms with Crippen LogP contribution in [-0.4, -0.2) is 23.8 Å². The second kappa shape index (κ2) is 7.19. The maximum atomic E-state index is 12.1. The van der Waals surface area contributed by atoms with Crippen molar-refractivity contribution in [2.24, 2.45) is 0 Å². The number of anilines is 2. The molecule has 0 unspecified atom stereocenters. The van der Waals surface area contributed by atoms with Crippen LogP contribution in [0.5, 0.6) is 5.75 Å². The number of ether oxygens (including phenoxy) is 1. The molecule has 1 amide bonds. The molecule has 2 N–H and O–H groups in total. The lowest BCUT2D eigenvalue weighted by atomic mass is 10.3. The van der Waals surface area contributed by atoms with E-state index in [1.165, 1.54) is 24.4 Å². The van der Waals surface area contributed by atoms with Crippen molar-refractivity contribution in [3.05, 3.63) is 47.6 Å². The molecule has 0 spiro atoms. The van der Waals surface area contributed by atoms with Crippen LogP contribution < -0.4 is 15.4 Å². The first kappa shape index (κ1) is 16.9. The smallest absolute Gasteiger partial charge is 0.406 e. The minimum Gasteiger partial charge on any atom is -0.406 e. The van der Waals surface area contributed by atoms with Crippen LogP contribution in [0.1, 0.15) is 0 Å². The van der Waals surface area contributed by atoms with Crippen molar-refractivity contribution in [2.45, 2.75) is 6.36 Å². The van der Waals surface area contributed by atoms with Crippen LogP contribution in [0.2, 0.25) is 5.02 Å². The number of pyridine rings is 1. The number of nitrogens with one attached hydrogen (secondary N) is 2. The maximum absolute atomic E-state index is 12.1. The summed E-state index contributed by atoms with van der Waals surface area (Å²) >= 11 is 5.67. The topological polar surface area (TPSA) is 63.2 Å². The van der Waals surface area contributed by atoms with Crippen molar-refractivity contribution in [1.82, 2.24) is 4.98 Å². The molecule has 2 aromatic rings. The first-order chi connectivity index (χ1) is 10.8. The standard InChI is InChI=1S/C14H11ClF3N3O2/c15-9-4-5-12(20-7-9)21-13(22)8-19-10-2-1-3-11(6-10)23-14(16,17)18/h1-7,19H,8H2,(H,20,21,22). The molecule has 2 rings (SSSR count). The second-order valence-corrected chi connectivity index (χ2v) is 4.78. The number of carbonyl (C=O) groups is 1. The lowest BCUT2D eigenvalue weighted by molar-refractivity contribution is -0.274. The zero-order valence-electron chi connectivity index (χ0n) is 11.5. The van der Waals surface area contributed by atoms with Crippen LogP contribution in [0.15, 0.2) is 42.6 Å². The number of hydrogen-bond acceptors (Lipinski definition) is 4. The van der Waals surface area contributed by atoms with Crippen LogP contribution in [0.3, 0.4) is 0 Å². The number of rotatable bonds is 5. The third-order valence-corrected chi connectivity index (χ3v) is 2.74. The summed E-state index contributed by atoms with van der Waals surface area (Å²) in [6.45, 7) is -0.153. The van der Waals surface area contributed by atoms with Crippen molar-refractivity contribution in [2.75, 3.05) is 17.2 Å². The van der Waals surface area contributed by atoms with Crippen LogP contribution in [0.4, 0.5) is 24.7 Å². The Bertz CT molecular complexity index is 678. The fraction of sp³-hybridized carbons (Fsp3) is 0.143. The van der Waals surface area contributed by atoms with Gasteiger partial charge in [-0.3, -0.25) is 4.79 Å². The average molecular weight is 346 g/mol. The number of benzene rings is 1. The third-order valence-electron chi connectivity index (χ3n) is 2.52. The van der Waals surface area contributed by atoms with Gasteiger partial charge in [0.1, 0.15) is 11.6 Å². The Balaban J connectivity index is 1.89. The summed E-state index contributed by atoms with van der Waals surface area (Å²) in [5.74, 6) is -0.473. The van der Waals surface area contributed by atoms with Crippen molar-refractivity contribution < 1.29 is 22.7 Å². The van der Waals surface area contributed by atoms with Crippen LogP contribution >= 0.6 is 11.6 Å². The molecule has 0 atom stereocenters. The Labute approximate surface area is 134 Å². The van der Waals surface area contributed by atoms with Gasteiger partial charge in [0, 0.05) is 18.0 Å². The monoisotopic (exact) mass is 345 g/mol. The normalized spacial score (nSPS) is 11.0. The van der Waals surface area contributed by atoms with E-state index in [4.69, 9.17) is 11.6 Å². The summed E-state index contributed by atoms with van der Waals surface area (Å²) in [6.07, 6.45) is -3.39. The molecule has 0 saturated heterocycles. The quantitative estimate of drug-likeness (QED) is 0.867. The fourth-order valence-corrected chi connectivity index (χ4v) is 1.73. The highest BCUT2D eigenvalue weighted by Crippen LogP contribution is 2.24. The Morgan fingerprint density at radius 2 is 2.04 bits per heavy atom. The van der Waals surface area contributed by atoms with Gasteiger partial charge in [-0.15, -0.1) is 13.2 Å². The van der Waals surface area contributed by atoms with E-state index in [0.717, 1.165) is 12.1 Å². The Hall–Kier alpha value is -2.48. The number of halogens is 4. The van der Waals surface area contributed by atoms with Crippen LogP contribution in [0.25, 0.3) is 0 Å². The van der Waals surface area contributed by atoms with Crippen LogP contribution in [0, 0.1) is 0 Å². The zero-order chi connectivity index (χ0) is 16.9. The lowest BCUT2D eigenvalue weighted by Crippen LogP contribution is -2.22. The molecule has 1 aromatic carbocycles. The molecule has 9 heteroatoms. The molecule has 1 aromatic heterocycles. The van der Waals surface area contributed by atoms with E-state index in [1.54, 1.807) is 6.07 Å². The highest BCUT2D eigenvalue weighted by molar-refractivity contribution is 6.30. The predicted molar refractivity (Wildman–Crippen MR) is 79.5 cm³/mol. The van der Waals surface area contributed by atoms with Crippen molar-refractivity contribution in [3.63, 3.8) is 0 Å². The summed E-state index contributed by atoms with van der Waals surface area (Å²) < 4.78 is 40.2. The van der Waals surface area contributed by atoms with E-state index in [9.17, 15) is 18.0 Å². The molecule has 0 bridgehead atoms. The summed E-state index contributed by atoms with van der Waals surface area (Å²) in [5.41, 5.74) is 0.311. The minimum absolute atomic E-state index is 0.153. The highest BCUT2D eigenvalue weighted by Gasteiger charge is 2.31. The molecule has 0 aliphatic carbocycles. The third kappa shape index (κ3) is 6.03. The van der Waals surface area contributed by atoms with E-state index in [1.807, 2.05) is 0 Å². The van der Waals surface area contributed by atoms with Gasteiger partial charge in [-0.2, -0.15) is 0 Å². The predicted octanol–water partition coefficient (Wildman–Crippen LogP) is 3.68. The largest absolute Gasteiger partial charge is 0.573 e. The van der Waals surface area contributed by atoms with Gasteiger partial charge in [-0.25, -0.2) is 4.98 Å². The van der Waals surface area contributed by atoms with Gasteiger partial charge in [-0.1, -0.05) is 17.7 Å². The van der Waals surface area contributed by atoms with Gasteiger partial charge in [0.05, 0.1) is 11.6 Å². The van der Waals surface area contributed by atoms with E-state index in [0.29, 0.717) is 16.5 Å². The van der Waals surface area contributed by atoms with E-state index < -0.39 is 12.3 Å². The number of hydrogen-bond donors (Lipinski definition) is 2. The summed E-state index contributed by atoms with van der Waals surface area (Å²) in [7, 11) is 0. The van der Waals surface area contributed by atoms with Gasteiger partial charge >= 0.3 is 6.36 Å². The summed E-state index contributed by atoms with van der Waals surface area (Å²) in [6, 6.07) is 8.28. The summed E-state index contributed by atoms with van der Waals surface area (Å²) in [4.78, 5) is 15.6. The molecular formula is C14H11ClF3N3O2. The Morgan fingerprint density at radius 3 is 2.70 bits per heavy atom. The molecule has 23 heavy (non-hydrogen) atoms. The zero-order valence-corrected chi connectivity index (χ0v) is 12.3. The molecule has 0 radical (unpaired) electrons. The number of aromatic nitrogens is 1. The van der Waals surface area contributed by atoms with Gasteiger partial charge in [0.2, 0.25) is 5.91 Å². The number of nitrogens with zero attached hydrogens (tertiary/aromatic N) is 1. The van der Waals surface area contributed by atoms with E-state index in [2.05, 4.69) is 20.4 Å². The highest BCUT2D eigenvalue weighted by atomic mass is 35.5. The van der Waals surface area contributed by atoms with Gasteiger partial charge in [-0.05, 0) is 24.3 Å². The minimum atomic E-state index is -4.77. The molecule has 0 saturated carbocycles. The molecule has 0 aliphatic rings. The van der Waals surface area contributed by atoms with E-state index >= 15 is 0 Å². The lowest BCUT2D eigenvalue weighted by Gasteiger charge is -2.11. The van der Waals surface area contributed by atoms with Crippen LogP contribution in [-0.2, 0) is 4.79 Å². The van der Waals surface area contributed by atoms with Crippen molar-refractivity contribution in [3.8, 4) is 5.75 Å². The van der Waals surface area contributed by atoms with Gasteiger partial charge in [0.15, 0.2) is 0 Å². The maximum Gasteiger partial charge on any atom is 0.573 e. The SMILES string of the molecule is O=C(CNc1cccc(OC(F)(F)F)c1)Nc1ccc(Cl)cn1. The van der Waals surface area contributed by atoms with Gasteiger partial charge in [0.25, 0.3) is 0 Å². The number of carbonyl (C=O) groups excluding carboxylic acids is 1. The first-order valence-electron chi connectivity index (χ1n) is 6.33. The molecule has 0 fully saturated rings. The number of alkyl halides is 3. The second-order valence-electron chi connectivity index (χ2n) is 4.34. The van der Waals surface area contributed by atoms with Crippen molar-refractivity contribution in [1.29, 1.82) is 0 Å². The molecule has 122 valence electrons. The molecular weight excluding hydrogens is 335 g/mol. The van der Waals surface area contributed by atoms with Gasteiger partial charge < -0.3 is 15.4 Å². The summed E-state index contributed by atoms with van der Waals surface area (Å²) in [5, 5.41) is 5.63. The molecule has 1 heterocycles. The fourth-order valence-electron chi connectivity index (χ4n) is 1.62. The average Bonchev–Trinajstić information content (AvgIpc) is 2.46. The van der Waals surface area contributed by atoms with E-state index in [-0.39, 0.29) is 12.3 Å². The molecule has 5 nitrogen and oxygen atoms in total. The molecule has 0 aliphatic heterocycles. The Kier molecular flexibility index (Phi) is 5.28. The Morgan fingerprint density at radius 1 is 1.26 bits per heavy atom. The first-order valence-corrected chi connectivity index (χ1v) is 6.71.